The molecule has 0 bridgehead atoms. The van der Waals surface area contributed by atoms with Crippen LogP contribution in [0.25, 0.3) is 0 Å². The Hall–Kier alpha value is -1.88. The van der Waals surface area contributed by atoms with E-state index in [2.05, 4.69) is 10.1 Å². The van der Waals surface area contributed by atoms with Crippen LogP contribution in [0.4, 0.5) is 0 Å². The number of hydrogen-bond acceptors (Lipinski definition) is 6. The van der Waals surface area contributed by atoms with E-state index < -0.39 is 36.1 Å². The van der Waals surface area contributed by atoms with E-state index in [1.807, 2.05) is 28.7 Å². The average molecular weight is 448 g/mol. The molecule has 1 heterocycles. The minimum Gasteiger partial charge on any atom is -0.484 e. The molecule has 1 aromatic rings. The van der Waals surface area contributed by atoms with Crippen LogP contribution < -0.4 is 10.1 Å². The van der Waals surface area contributed by atoms with Gasteiger partial charge >= 0.3 is 5.97 Å². The summed E-state index contributed by atoms with van der Waals surface area (Å²) in [7, 11) is 1.12. The summed E-state index contributed by atoms with van der Waals surface area (Å²) in [5, 5.41) is 12.4. The quantitative estimate of drug-likeness (QED) is 0.257. The smallest absolute Gasteiger partial charge is 0.356 e. The number of benzene rings is 1. The Morgan fingerprint density at radius 1 is 1.38 bits per heavy atom. The molecule has 8 nitrogen and oxygen atoms in total. The number of alkyl halides is 1. The van der Waals surface area contributed by atoms with E-state index in [0.717, 1.165) is 12.0 Å². The van der Waals surface area contributed by atoms with Gasteiger partial charge in [0, 0.05) is 4.43 Å². The summed E-state index contributed by atoms with van der Waals surface area (Å²) < 4.78 is 10.2. The zero-order chi connectivity index (χ0) is 17.7. The number of rotatable bonds is 7. The van der Waals surface area contributed by atoms with Crippen LogP contribution in [-0.4, -0.2) is 64.2 Å². The number of carbonyl (C=O) groups is 3. The Kier molecular flexibility index (Phi) is 6.37. The molecule has 9 heteroatoms. The van der Waals surface area contributed by atoms with Crippen molar-refractivity contribution in [1.82, 2.24) is 10.2 Å². The van der Waals surface area contributed by atoms with Crippen molar-refractivity contribution in [3.63, 3.8) is 0 Å². The summed E-state index contributed by atoms with van der Waals surface area (Å²) >= 11 is 2.01. The zero-order valence-corrected chi connectivity index (χ0v) is 15.0. The minimum absolute atomic E-state index is 0.235. The second-order valence-corrected chi connectivity index (χ2v) is 5.89. The highest BCUT2D eigenvalue weighted by atomic mass is 127. The summed E-state index contributed by atoms with van der Waals surface area (Å²) in [5.41, 5.74) is 0. The molecular formula is C15H17IN2O6. The number of halogens is 1. The van der Waals surface area contributed by atoms with Gasteiger partial charge in [0.15, 0.2) is 6.61 Å². The molecule has 2 amide bonds. The summed E-state index contributed by atoms with van der Waals surface area (Å²) in [4.78, 5) is 36.4. The molecule has 1 aromatic carbocycles. The fraction of sp³-hybridized carbons (Fsp3) is 0.400. The van der Waals surface area contributed by atoms with Crippen molar-refractivity contribution in [2.24, 2.45) is 0 Å². The number of nitrogens with one attached hydrogen (secondary N) is 1. The van der Waals surface area contributed by atoms with Gasteiger partial charge in [-0.25, -0.2) is 4.79 Å². The molecule has 0 aliphatic carbocycles. The molecule has 1 aliphatic rings. The first-order valence-corrected chi connectivity index (χ1v) is 8.63. The fourth-order valence-electron chi connectivity index (χ4n) is 2.29. The molecule has 3 atom stereocenters. The van der Waals surface area contributed by atoms with E-state index >= 15 is 0 Å². The predicted octanol–water partition coefficient (Wildman–Crippen LogP) is -0.313. The SMILES string of the molecule is COC(=O)C(O)N1C(=O)[C@H](NC(=O)COc2ccccc2)[C@@H]1CI. The Labute approximate surface area is 152 Å². The van der Waals surface area contributed by atoms with Gasteiger partial charge in [-0.3, -0.25) is 14.5 Å². The van der Waals surface area contributed by atoms with Crippen molar-refractivity contribution >= 4 is 40.4 Å². The van der Waals surface area contributed by atoms with E-state index in [1.165, 1.54) is 0 Å². The van der Waals surface area contributed by atoms with Gasteiger partial charge in [0.2, 0.25) is 12.1 Å². The third-order valence-electron chi connectivity index (χ3n) is 3.53. The van der Waals surface area contributed by atoms with Gasteiger partial charge in [0.05, 0.1) is 13.2 Å². The van der Waals surface area contributed by atoms with E-state index in [1.54, 1.807) is 24.3 Å². The normalized spacial score (nSPS) is 20.8. The second-order valence-electron chi connectivity index (χ2n) is 5.01. The molecule has 0 aromatic heterocycles. The highest BCUT2D eigenvalue weighted by Gasteiger charge is 2.52. The van der Waals surface area contributed by atoms with Crippen molar-refractivity contribution < 1.29 is 29.0 Å². The van der Waals surface area contributed by atoms with Crippen LogP contribution in [0.1, 0.15) is 0 Å². The number of carbonyl (C=O) groups excluding carboxylic acids is 3. The van der Waals surface area contributed by atoms with Gasteiger partial charge in [0.1, 0.15) is 11.8 Å². The van der Waals surface area contributed by atoms with Crippen molar-refractivity contribution in [1.29, 1.82) is 0 Å². The molecule has 1 aliphatic heterocycles. The number of esters is 1. The largest absolute Gasteiger partial charge is 0.484 e. The lowest BCUT2D eigenvalue weighted by Gasteiger charge is -2.47. The molecule has 0 saturated carbocycles. The Morgan fingerprint density at radius 2 is 2.04 bits per heavy atom. The number of para-hydroxylation sites is 1. The molecule has 1 saturated heterocycles. The molecule has 24 heavy (non-hydrogen) atoms. The van der Waals surface area contributed by atoms with Crippen LogP contribution in [0, 0.1) is 0 Å². The topological polar surface area (TPSA) is 105 Å². The van der Waals surface area contributed by atoms with E-state index in [9.17, 15) is 19.5 Å². The van der Waals surface area contributed by atoms with Crippen LogP contribution >= 0.6 is 22.6 Å². The first kappa shape index (κ1) is 18.5. The summed E-state index contributed by atoms with van der Waals surface area (Å²) in [6.45, 7) is -0.235. The number of likely N-dealkylation sites (tertiary alicyclic amines) is 1. The molecule has 1 unspecified atom stereocenters. The van der Waals surface area contributed by atoms with Crippen molar-refractivity contribution in [3.8, 4) is 5.75 Å². The van der Waals surface area contributed by atoms with Crippen molar-refractivity contribution in [2.45, 2.75) is 18.3 Å². The standard InChI is InChI=1S/C15H17IN2O6/c1-23-15(22)14(21)18-10(7-16)12(13(18)20)17-11(19)8-24-9-5-3-2-4-6-9/h2-6,10,12,14,21H,7-8H2,1H3,(H,17,19)/t10-,12+,14?/m0/s1. The average Bonchev–Trinajstić information content (AvgIpc) is 2.61. The van der Waals surface area contributed by atoms with Gasteiger partial charge < -0.3 is 19.9 Å². The van der Waals surface area contributed by atoms with Crippen molar-refractivity contribution in [2.75, 3.05) is 18.1 Å². The van der Waals surface area contributed by atoms with E-state index in [4.69, 9.17) is 4.74 Å². The number of aliphatic hydroxyl groups excluding tert-OH is 1. The zero-order valence-electron chi connectivity index (χ0n) is 12.8. The third kappa shape index (κ3) is 3.96. The summed E-state index contributed by atoms with van der Waals surface area (Å²) in [6.07, 6.45) is -1.67. The lowest BCUT2D eigenvalue weighted by molar-refractivity contribution is -0.184. The Bertz CT molecular complexity index is 611. The van der Waals surface area contributed by atoms with Gasteiger partial charge in [-0.2, -0.15) is 0 Å². The van der Waals surface area contributed by atoms with Crippen LogP contribution in [0.15, 0.2) is 30.3 Å². The van der Waals surface area contributed by atoms with Crippen LogP contribution in [-0.2, 0) is 19.1 Å². The monoisotopic (exact) mass is 448 g/mol. The van der Waals surface area contributed by atoms with E-state index in [-0.39, 0.29) is 6.61 Å². The molecule has 0 spiro atoms. The predicted molar refractivity (Wildman–Crippen MR) is 91.4 cm³/mol. The van der Waals surface area contributed by atoms with Crippen LogP contribution in [0.5, 0.6) is 5.75 Å². The summed E-state index contributed by atoms with van der Waals surface area (Å²) in [6, 6.07) is 7.52. The number of β-lactam (4-membered cyclic amide) rings is 1. The highest BCUT2D eigenvalue weighted by Crippen LogP contribution is 2.25. The van der Waals surface area contributed by atoms with Gasteiger partial charge in [-0.15, -0.1) is 0 Å². The molecule has 0 radical (unpaired) electrons. The van der Waals surface area contributed by atoms with Gasteiger partial charge in [-0.1, -0.05) is 40.8 Å². The first-order chi connectivity index (χ1) is 11.5. The first-order valence-electron chi connectivity index (χ1n) is 7.10. The minimum atomic E-state index is -1.67. The fourth-order valence-corrected chi connectivity index (χ4v) is 3.22. The van der Waals surface area contributed by atoms with Crippen LogP contribution in [0.2, 0.25) is 0 Å². The number of aliphatic hydroxyl groups is 1. The number of nitrogens with zero attached hydrogens (tertiary/aromatic N) is 1. The van der Waals surface area contributed by atoms with E-state index in [0.29, 0.717) is 10.2 Å². The van der Waals surface area contributed by atoms with Gasteiger partial charge in [-0.05, 0) is 12.1 Å². The number of hydrogen-bond donors (Lipinski definition) is 2. The highest BCUT2D eigenvalue weighted by molar-refractivity contribution is 14.1. The second kappa shape index (κ2) is 8.29. The third-order valence-corrected chi connectivity index (χ3v) is 4.43. The maximum absolute atomic E-state index is 12.1. The Morgan fingerprint density at radius 3 is 2.62 bits per heavy atom. The van der Waals surface area contributed by atoms with Crippen LogP contribution in [0.3, 0.4) is 0 Å². The molecule has 1 fully saturated rings. The molecule has 130 valence electrons. The maximum atomic E-state index is 12.1. The molecule has 2 rings (SSSR count). The lowest BCUT2D eigenvalue weighted by Crippen LogP contribution is -2.75. The Balaban J connectivity index is 1.89. The van der Waals surface area contributed by atoms with Gasteiger partial charge in [0.25, 0.3) is 5.91 Å². The molecule has 2 N–H and O–H groups in total. The lowest BCUT2D eigenvalue weighted by atomic mass is 9.96. The number of methoxy groups -OCH3 is 1. The number of ether oxygens (including phenoxy) is 2. The van der Waals surface area contributed by atoms with Crippen molar-refractivity contribution in [3.05, 3.63) is 30.3 Å². The summed E-state index contributed by atoms with van der Waals surface area (Å²) in [5.74, 6) is -1.38. The number of amides is 2. The molecular weight excluding hydrogens is 431 g/mol. The maximum Gasteiger partial charge on any atom is 0.356 e.